The first-order valence-electron chi connectivity index (χ1n) is 6.18. The lowest BCUT2D eigenvalue weighted by Crippen LogP contribution is -2.37. The number of rotatable bonds is 2. The second kappa shape index (κ2) is 4.78. The molecule has 1 aliphatic heterocycles. The van der Waals surface area contributed by atoms with Crippen LogP contribution in [0.4, 0.5) is 0 Å². The number of hydrogen-bond donors (Lipinski definition) is 2. The van der Waals surface area contributed by atoms with Gasteiger partial charge in [0.05, 0.1) is 5.52 Å². The molecule has 5 heteroatoms. The number of aromatic amines is 1. The standard InChI is InChI=1S/C13H15N3O2/c17-13-15-7-9-6-10(3-4-12(9)16-13)18-11-2-1-5-14-8-11/h3-4,6-7,11,14H,1-2,5,8H2,(H,15,16,17)/t11-/m0/s1. The molecule has 0 unspecified atom stereocenters. The fourth-order valence-electron chi connectivity index (χ4n) is 2.22. The van der Waals surface area contributed by atoms with E-state index in [1.807, 2.05) is 18.2 Å². The van der Waals surface area contributed by atoms with Gasteiger partial charge >= 0.3 is 5.69 Å². The molecule has 2 heterocycles. The highest BCUT2D eigenvalue weighted by molar-refractivity contribution is 5.78. The van der Waals surface area contributed by atoms with Gasteiger partial charge in [0.15, 0.2) is 0 Å². The Hall–Kier alpha value is -1.88. The Labute approximate surface area is 104 Å². The number of nitrogens with zero attached hydrogens (tertiary/aromatic N) is 1. The molecule has 0 amide bonds. The van der Waals surface area contributed by atoms with Crippen LogP contribution in [-0.2, 0) is 0 Å². The van der Waals surface area contributed by atoms with Gasteiger partial charge in [0.25, 0.3) is 0 Å². The van der Waals surface area contributed by atoms with Crippen LogP contribution in [0, 0.1) is 0 Å². The highest BCUT2D eigenvalue weighted by Gasteiger charge is 2.14. The number of H-pyrrole nitrogens is 1. The summed E-state index contributed by atoms with van der Waals surface area (Å²) in [4.78, 5) is 17.5. The lowest BCUT2D eigenvalue weighted by Gasteiger charge is -2.24. The zero-order chi connectivity index (χ0) is 12.4. The van der Waals surface area contributed by atoms with E-state index in [1.54, 1.807) is 6.20 Å². The third-order valence-corrected chi connectivity index (χ3v) is 3.14. The third-order valence-electron chi connectivity index (χ3n) is 3.14. The summed E-state index contributed by atoms with van der Waals surface area (Å²) in [5.74, 6) is 0.824. The normalized spacial score (nSPS) is 19.9. The van der Waals surface area contributed by atoms with Crippen LogP contribution in [0.3, 0.4) is 0 Å². The Balaban J connectivity index is 1.84. The van der Waals surface area contributed by atoms with E-state index in [2.05, 4.69) is 15.3 Å². The summed E-state index contributed by atoms with van der Waals surface area (Å²) in [6.45, 7) is 1.96. The maximum atomic E-state index is 11.1. The summed E-state index contributed by atoms with van der Waals surface area (Å²) < 4.78 is 5.91. The van der Waals surface area contributed by atoms with E-state index in [-0.39, 0.29) is 11.8 Å². The monoisotopic (exact) mass is 245 g/mol. The number of nitrogens with one attached hydrogen (secondary N) is 2. The number of piperidine rings is 1. The van der Waals surface area contributed by atoms with Crippen LogP contribution >= 0.6 is 0 Å². The van der Waals surface area contributed by atoms with E-state index in [0.717, 1.165) is 42.6 Å². The maximum absolute atomic E-state index is 11.1. The van der Waals surface area contributed by atoms with Gasteiger partial charge in [-0.15, -0.1) is 0 Å². The van der Waals surface area contributed by atoms with E-state index in [0.29, 0.717) is 0 Å². The molecule has 1 atom stereocenters. The number of aromatic nitrogens is 2. The molecule has 0 radical (unpaired) electrons. The Kier molecular flexibility index (Phi) is 2.98. The average Bonchev–Trinajstić information content (AvgIpc) is 2.40. The quantitative estimate of drug-likeness (QED) is 0.830. The lowest BCUT2D eigenvalue weighted by molar-refractivity contribution is 0.167. The fourth-order valence-corrected chi connectivity index (χ4v) is 2.22. The van der Waals surface area contributed by atoms with Crippen molar-refractivity contribution in [2.75, 3.05) is 13.1 Å². The SMILES string of the molecule is O=c1ncc2cc(O[C@H]3CCCNC3)ccc2[nH]1. The number of ether oxygens (including phenoxy) is 1. The Bertz CT molecular complexity index is 602. The van der Waals surface area contributed by atoms with Crippen LogP contribution in [0.5, 0.6) is 5.75 Å². The zero-order valence-corrected chi connectivity index (χ0v) is 9.98. The second-order valence-corrected chi connectivity index (χ2v) is 4.52. The van der Waals surface area contributed by atoms with Gasteiger partial charge in [-0.05, 0) is 37.6 Å². The predicted octanol–water partition coefficient (Wildman–Crippen LogP) is 1.05. The van der Waals surface area contributed by atoms with Crippen LogP contribution in [-0.4, -0.2) is 29.2 Å². The minimum Gasteiger partial charge on any atom is -0.489 e. The second-order valence-electron chi connectivity index (χ2n) is 4.52. The van der Waals surface area contributed by atoms with Gasteiger partial charge in [0.2, 0.25) is 0 Å². The van der Waals surface area contributed by atoms with Crippen molar-refractivity contribution in [2.24, 2.45) is 0 Å². The number of benzene rings is 1. The van der Waals surface area contributed by atoms with Crippen LogP contribution < -0.4 is 15.7 Å². The zero-order valence-electron chi connectivity index (χ0n) is 9.98. The van der Waals surface area contributed by atoms with Crippen molar-refractivity contribution < 1.29 is 4.74 Å². The Morgan fingerprint density at radius 3 is 3.17 bits per heavy atom. The minimum absolute atomic E-state index is 0.229. The summed E-state index contributed by atoms with van der Waals surface area (Å²) in [6.07, 6.45) is 4.02. The van der Waals surface area contributed by atoms with Crippen LogP contribution in [0.1, 0.15) is 12.8 Å². The van der Waals surface area contributed by atoms with Crippen molar-refractivity contribution in [1.82, 2.24) is 15.3 Å². The first kappa shape index (κ1) is 11.2. The molecule has 1 fully saturated rings. The fraction of sp³-hybridized carbons (Fsp3) is 0.385. The summed E-state index contributed by atoms with van der Waals surface area (Å²) >= 11 is 0. The van der Waals surface area contributed by atoms with Gasteiger partial charge < -0.3 is 15.0 Å². The number of hydrogen-bond acceptors (Lipinski definition) is 4. The van der Waals surface area contributed by atoms with Crippen molar-refractivity contribution in [3.8, 4) is 5.75 Å². The summed E-state index contributed by atoms with van der Waals surface area (Å²) in [5.41, 5.74) is 0.455. The van der Waals surface area contributed by atoms with Gasteiger partial charge in [0, 0.05) is 18.1 Å². The molecule has 1 aromatic heterocycles. The largest absolute Gasteiger partial charge is 0.489 e. The molecule has 0 aliphatic carbocycles. The van der Waals surface area contributed by atoms with Crippen LogP contribution in [0.15, 0.2) is 29.2 Å². The van der Waals surface area contributed by atoms with Gasteiger partial charge in [-0.1, -0.05) is 0 Å². The minimum atomic E-state index is -0.326. The maximum Gasteiger partial charge on any atom is 0.345 e. The molecule has 0 bridgehead atoms. The van der Waals surface area contributed by atoms with Crippen molar-refractivity contribution in [2.45, 2.75) is 18.9 Å². The van der Waals surface area contributed by atoms with Crippen LogP contribution in [0.2, 0.25) is 0 Å². The lowest BCUT2D eigenvalue weighted by atomic mass is 10.1. The number of fused-ring (bicyclic) bond motifs is 1. The topological polar surface area (TPSA) is 67.0 Å². The van der Waals surface area contributed by atoms with Crippen molar-refractivity contribution >= 4 is 10.9 Å². The molecule has 5 nitrogen and oxygen atoms in total. The molecule has 3 rings (SSSR count). The first-order chi connectivity index (χ1) is 8.81. The van der Waals surface area contributed by atoms with E-state index >= 15 is 0 Å². The molecule has 1 saturated heterocycles. The first-order valence-corrected chi connectivity index (χ1v) is 6.18. The summed E-state index contributed by atoms with van der Waals surface area (Å²) in [5, 5.41) is 4.20. The third kappa shape index (κ3) is 2.36. The van der Waals surface area contributed by atoms with E-state index in [1.165, 1.54) is 0 Å². The summed E-state index contributed by atoms with van der Waals surface area (Å²) in [7, 11) is 0. The Morgan fingerprint density at radius 1 is 1.39 bits per heavy atom. The van der Waals surface area contributed by atoms with Gasteiger partial charge in [-0.2, -0.15) is 0 Å². The highest BCUT2D eigenvalue weighted by atomic mass is 16.5. The average molecular weight is 245 g/mol. The molecule has 94 valence electrons. The van der Waals surface area contributed by atoms with E-state index in [9.17, 15) is 4.79 Å². The van der Waals surface area contributed by atoms with Crippen molar-refractivity contribution in [1.29, 1.82) is 0 Å². The van der Waals surface area contributed by atoms with Crippen LogP contribution in [0.25, 0.3) is 10.9 Å². The molecular weight excluding hydrogens is 230 g/mol. The molecule has 0 spiro atoms. The summed E-state index contributed by atoms with van der Waals surface area (Å²) in [6, 6.07) is 5.64. The van der Waals surface area contributed by atoms with Gasteiger partial charge in [0.1, 0.15) is 11.9 Å². The molecule has 0 saturated carbocycles. The molecular formula is C13H15N3O2. The van der Waals surface area contributed by atoms with Crippen molar-refractivity contribution in [3.63, 3.8) is 0 Å². The van der Waals surface area contributed by atoms with E-state index in [4.69, 9.17) is 4.74 Å². The molecule has 2 aromatic rings. The molecule has 1 aromatic carbocycles. The smallest absolute Gasteiger partial charge is 0.345 e. The molecule has 2 N–H and O–H groups in total. The van der Waals surface area contributed by atoms with Crippen molar-refractivity contribution in [3.05, 3.63) is 34.9 Å². The highest BCUT2D eigenvalue weighted by Crippen LogP contribution is 2.20. The van der Waals surface area contributed by atoms with Gasteiger partial charge in [-0.3, -0.25) is 0 Å². The molecule has 1 aliphatic rings. The molecule has 18 heavy (non-hydrogen) atoms. The van der Waals surface area contributed by atoms with E-state index < -0.39 is 0 Å². The predicted molar refractivity (Wildman–Crippen MR) is 68.9 cm³/mol. The van der Waals surface area contributed by atoms with Gasteiger partial charge in [-0.25, -0.2) is 9.78 Å². The Morgan fingerprint density at radius 2 is 2.33 bits per heavy atom.